The minimum Gasteiger partial charge on any atom is -0.334 e. The van der Waals surface area contributed by atoms with E-state index in [1.165, 1.54) is 6.92 Å². The van der Waals surface area contributed by atoms with Crippen LogP contribution in [0.3, 0.4) is 0 Å². The van der Waals surface area contributed by atoms with Gasteiger partial charge >= 0.3 is 6.03 Å². The molecular weight excluding hydrogens is 278 g/mol. The Bertz CT molecular complexity index is 666. The van der Waals surface area contributed by atoms with Gasteiger partial charge in [-0.3, -0.25) is 4.79 Å². The summed E-state index contributed by atoms with van der Waals surface area (Å²) in [4.78, 5) is 22.9. The second-order valence-electron chi connectivity index (χ2n) is 5.06. The van der Waals surface area contributed by atoms with Crippen molar-refractivity contribution in [2.24, 2.45) is 0 Å². The van der Waals surface area contributed by atoms with Crippen LogP contribution in [0.25, 0.3) is 0 Å². The molecule has 3 amide bonds. The molecule has 5 heteroatoms. The normalized spacial score (nSPS) is 9.91. The molecule has 0 heterocycles. The Morgan fingerprint density at radius 3 is 2.36 bits per heavy atom. The number of amides is 3. The summed E-state index contributed by atoms with van der Waals surface area (Å²) in [5.74, 6) is -0.123. The Morgan fingerprint density at radius 1 is 0.955 bits per heavy atom. The van der Waals surface area contributed by atoms with Crippen molar-refractivity contribution in [3.8, 4) is 0 Å². The first-order chi connectivity index (χ1) is 10.5. The van der Waals surface area contributed by atoms with Gasteiger partial charge in [0.05, 0.1) is 0 Å². The number of rotatable bonds is 4. The zero-order valence-corrected chi connectivity index (χ0v) is 12.6. The highest BCUT2D eigenvalue weighted by molar-refractivity contribution is 5.89. The SMILES string of the molecule is CC(=O)Nc1cccc(CNC(=O)Nc2ccc(C)cc2)c1. The minimum atomic E-state index is -0.270. The van der Waals surface area contributed by atoms with Gasteiger partial charge in [-0.05, 0) is 36.8 Å². The van der Waals surface area contributed by atoms with Gasteiger partial charge in [0.2, 0.25) is 5.91 Å². The summed E-state index contributed by atoms with van der Waals surface area (Å²) in [6, 6.07) is 14.7. The van der Waals surface area contributed by atoms with E-state index in [4.69, 9.17) is 0 Å². The smallest absolute Gasteiger partial charge is 0.319 e. The van der Waals surface area contributed by atoms with E-state index in [2.05, 4.69) is 16.0 Å². The first kappa shape index (κ1) is 15.6. The third-order valence-corrected chi connectivity index (χ3v) is 3.01. The predicted molar refractivity (Wildman–Crippen MR) is 87.8 cm³/mol. The summed E-state index contributed by atoms with van der Waals surface area (Å²) in [6.45, 7) is 3.83. The fourth-order valence-corrected chi connectivity index (χ4v) is 1.96. The van der Waals surface area contributed by atoms with E-state index in [1.807, 2.05) is 49.4 Å². The molecule has 114 valence electrons. The van der Waals surface area contributed by atoms with Gasteiger partial charge in [0.1, 0.15) is 0 Å². The van der Waals surface area contributed by atoms with Crippen LogP contribution in [0, 0.1) is 6.92 Å². The summed E-state index contributed by atoms with van der Waals surface area (Å²) in [6.07, 6.45) is 0. The number of aryl methyl sites for hydroxylation is 1. The Morgan fingerprint density at radius 2 is 1.68 bits per heavy atom. The number of urea groups is 1. The topological polar surface area (TPSA) is 70.2 Å². The second-order valence-corrected chi connectivity index (χ2v) is 5.06. The number of anilines is 2. The standard InChI is InChI=1S/C17H19N3O2/c1-12-6-8-15(9-7-12)20-17(22)18-11-14-4-3-5-16(10-14)19-13(2)21/h3-10H,11H2,1-2H3,(H,19,21)(H2,18,20,22). The van der Waals surface area contributed by atoms with Crippen LogP contribution in [-0.2, 0) is 11.3 Å². The Labute approximate surface area is 129 Å². The van der Waals surface area contributed by atoms with Gasteiger partial charge in [-0.1, -0.05) is 29.8 Å². The van der Waals surface area contributed by atoms with Crippen molar-refractivity contribution >= 4 is 23.3 Å². The minimum absolute atomic E-state index is 0.123. The van der Waals surface area contributed by atoms with Crippen LogP contribution in [-0.4, -0.2) is 11.9 Å². The van der Waals surface area contributed by atoms with Gasteiger partial charge < -0.3 is 16.0 Å². The van der Waals surface area contributed by atoms with Gasteiger partial charge in [0.15, 0.2) is 0 Å². The molecule has 0 saturated heterocycles. The quantitative estimate of drug-likeness (QED) is 0.810. The maximum atomic E-state index is 11.8. The molecule has 0 bridgehead atoms. The van der Waals surface area contributed by atoms with Gasteiger partial charge in [-0.15, -0.1) is 0 Å². The first-order valence-corrected chi connectivity index (χ1v) is 7.01. The van der Waals surface area contributed by atoms with Crippen molar-refractivity contribution in [3.05, 3.63) is 59.7 Å². The van der Waals surface area contributed by atoms with Crippen molar-refractivity contribution in [2.75, 3.05) is 10.6 Å². The molecule has 22 heavy (non-hydrogen) atoms. The zero-order chi connectivity index (χ0) is 15.9. The summed E-state index contributed by atoms with van der Waals surface area (Å²) in [5.41, 5.74) is 3.51. The lowest BCUT2D eigenvalue weighted by Crippen LogP contribution is -2.28. The summed E-state index contributed by atoms with van der Waals surface area (Å²) >= 11 is 0. The monoisotopic (exact) mass is 297 g/mol. The molecule has 2 aromatic rings. The molecule has 2 aromatic carbocycles. The first-order valence-electron chi connectivity index (χ1n) is 7.01. The highest BCUT2D eigenvalue weighted by Crippen LogP contribution is 2.11. The zero-order valence-electron chi connectivity index (χ0n) is 12.6. The van der Waals surface area contributed by atoms with E-state index in [1.54, 1.807) is 6.07 Å². The van der Waals surface area contributed by atoms with E-state index < -0.39 is 0 Å². The van der Waals surface area contributed by atoms with E-state index in [9.17, 15) is 9.59 Å². The van der Waals surface area contributed by atoms with Crippen LogP contribution in [0.1, 0.15) is 18.1 Å². The highest BCUT2D eigenvalue weighted by Gasteiger charge is 2.03. The van der Waals surface area contributed by atoms with E-state index >= 15 is 0 Å². The molecule has 0 aliphatic rings. The van der Waals surface area contributed by atoms with E-state index in [-0.39, 0.29) is 11.9 Å². The van der Waals surface area contributed by atoms with Gasteiger partial charge in [-0.2, -0.15) is 0 Å². The number of carbonyl (C=O) groups is 2. The molecule has 0 radical (unpaired) electrons. The molecule has 0 aliphatic heterocycles. The van der Waals surface area contributed by atoms with Gasteiger partial charge in [0.25, 0.3) is 0 Å². The molecule has 0 aliphatic carbocycles. The lowest BCUT2D eigenvalue weighted by Gasteiger charge is -2.09. The summed E-state index contributed by atoms with van der Waals surface area (Å²) < 4.78 is 0. The van der Waals surface area contributed by atoms with E-state index in [0.29, 0.717) is 12.2 Å². The number of benzene rings is 2. The number of hydrogen-bond acceptors (Lipinski definition) is 2. The molecule has 2 rings (SSSR count). The van der Waals surface area contributed by atoms with Crippen LogP contribution in [0.5, 0.6) is 0 Å². The predicted octanol–water partition coefficient (Wildman–Crippen LogP) is 3.28. The number of hydrogen-bond donors (Lipinski definition) is 3. The Balaban J connectivity index is 1.88. The highest BCUT2D eigenvalue weighted by atomic mass is 16.2. The third kappa shape index (κ3) is 4.94. The molecule has 0 aromatic heterocycles. The maximum Gasteiger partial charge on any atom is 0.319 e. The average molecular weight is 297 g/mol. The second kappa shape index (κ2) is 7.26. The number of nitrogens with one attached hydrogen (secondary N) is 3. The third-order valence-electron chi connectivity index (χ3n) is 3.01. The van der Waals surface area contributed by atoms with Gasteiger partial charge in [0, 0.05) is 24.8 Å². The average Bonchev–Trinajstić information content (AvgIpc) is 2.47. The molecule has 0 unspecified atom stereocenters. The molecule has 5 nitrogen and oxygen atoms in total. The fraction of sp³-hybridized carbons (Fsp3) is 0.176. The van der Waals surface area contributed by atoms with Crippen molar-refractivity contribution in [1.29, 1.82) is 0 Å². The van der Waals surface area contributed by atoms with Crippen molar-refractivity contribution in [2.45, 2.75) is 20.4 Å². The van der Waals surface area contributed by atoms with Gasteiger partial charge in [-0.25, -0.2) is 4.79 Å². The van der Waals surface area contributed by atoms with Crippen molar-refractivity contribution < 1.29 is 9.59 Å². The Hall–Kier alpha value is -2.82. The largest absolute Gasteiger partial charge is 0.334 e. The van der Waals surface area contributed by atoms with Crippen molar-refractivity contribution in [1.82, 2.24) is 5.32 Å². The van der Waals surface area contributed by atoms with Crippen molar-refractivity contribution in [3.63, 3.8) is 0 Å². The Kier molecular flexibility index (Phi) is 5.14. The fourth-order valence-electron chi connectivity index (χ4n) is 1.96. The molecule has 0 spiro atoms. The van der Waals surface area contributed by atoms with Crippen LogP contribution in [0.2, 0.25) is 0 Å². The molecular formula is C17H19N3O2. The van der Waals surface area contributed by atoms with Crippen LogP contribution < -0.4 is 16.0 Å². The van der Waals surface area contributed by atoms with Crippen LogP contribution in [0.4, 0.5) is 16.2 Å². The molecule has 0 saturated carbocycles. The lowest BCUT2D eigenvalue weighted by molar-refractivity contribution is -0.114. The summed E-state index contributed by atoms with van der Waals surface area (Å²) in [7, 11) is 0. The number of carbonyl (C=O) groups excluding carboxylic acids is 2. The van der Waals surface area contributed by atoms with Crippen LogP contribution >= 0.6 is 0 Å². The lowest BCUT2D eigenvalue weighted by atomic mass is 10.2. The molecule has 0 atom stereocenters. The molecule has 3 N–H and O–H groups in total. The van der Waals surface area contributed by atoms with Crippen LogP contribution in [0.15, 0.2) is 48.5 Å². The maximum absolute atomic E-state index is 11.8. The van der Waals surface area contributed by atoms with E-state index in [0.717, 1.165) is 16.8 Å². The molecule has 0 fully saturated rings. The summed E-state index contributed by atoms with van der Waals surface area (Å²) in [5, 5.41) is 8.26.